The number of fused-ring (bicyclic) bond motifs is 1. The first-order valence-electron chi connectivity index (χ1n) is 6.16. The Morgan fingerprint density at radius 2 is 1.85 bits per heavy atom. The van der Waals surface area contributed by atoms with Crippen molar-refractivity contribution in [2.75, 3.05) is 5.32 Å². The highest BCUT2D eigenvalue weighted by molar-refractivity contribution is 5.56. The fourth-order valence-electron chi connectivity index (χ4n) is 2.05. The lowest BCUT2D eigenvalue weighted by Crippen LogP contribution is -2.25. The van der Waals surface area contributed by atoms with E-state index in [1.54, 1.807) is 6.07 Å². The standard InChI is InChI=1S/C14H13F2NO3/c1-8-3-5-11(18-8)9(2)17-10-4-6-12-13(7-10)20-14(15,16)19-12/h3-7,9,17H,1-2H3. The Bertz CT molecular complexity index is 639. The highest BCUT2D eigenvalue weighted by atomic mass is 19.3. The van der Waals surface area contributed by atoms with Gasteiger partial charge in [-0.2, -0.15) is 0 Å². The molecule has 106 valence electrons. The van der Waals surface area contributed by atoms with Crippen LogP contribution in [0.25, 0.3) is 0 Å². The molecular weight excluding hydrogens is 268 g/mol. The van der Waals surface area contributed by atoms with Gasteiger partial charge >= 0.3 is 6.29 Å². The number of furan rings is 1. The Morgan fingerprint density at radius 3 is 2.55 bits per heavy atom. The highest BCUT2D eigenvalue weighted by Gasteiger charge is 2.43. The number of nitrogens with one attached hydrogen (secondary N) is 1. The van der Waals surface area contributed by atoms with Gasteiger partial charge in [0, 0.05) is 11.8 Å². The van der Waals surface area contributed by atoms with Gasteiger partial charge in [-0.1, -0.05) is 0 Å². The third-order valence-electron chi connectivity index (χ3n) is 2.97. The second-order valence-corrected chi connectivity index (χ2v) is 4.64. The van der Waals surface area contributed by atoms with Crippen LogP contribution in [0.3, 0.4) is 0 Å². The minimum absolute atomic E-state index is 0.0165. The van der Waals surface area contributed by atoms with Crippen molar-refractivity contribution in [2.24, 2.45) is 0 Å². The summed E-state index contributed by atoms with van der Waals surface area (Å²) >= 11 is 0. The molecule has 2 aromatic rings. The number of hydrogen-bond acceptors (Lipinski definition) is 4. The Balaban J connectivity index is 1.76. The topological polar surface area (TPSA) is 43.6 Å². The summed E-state index contributed by atoms with van der Waals surface area (Å²) in [6.45, 7) is 3.77. The zero-order valence-electron chi connectivity index (χ0n) is 10.9. The monoisotopic (exact) mass is 281 g/mol. The predicted octanol–water partition coefficient (Wildman–Crippen LogP) is 4.08. The Morgan fingerprint density at radius 1 is 1.10 bits per heavy atom. The molecule has 0 bridgehead atoms. The summed E-state index contributed by atoms with van der Waals surface area (Å²) in [6, 6.07) is 8.21. The Hall–Kier alpha value is -2.24. The van der Waals surface area contributed by atoms with Crippen LogP contribution in [0.5, 0.6) is 11.5 Å². The van der Waals surface area contributed by atoms with E-state index >= 15 is 0 Å². The maximum atomic E-state index is 12.9. The molecule has 1 aliphatic heterocycles. The lowest BCUT2D eigenvalue weighted by Gasteiger charge is -2.13. The first-order chi connectivity index (χ1) is 9.43. The van der Waals surface area contributed by atoms with E-state index in [9.17, 15) is 8.78 Å². The van der Waals surface area contributed by atoms with Crippen LogP contribution in [-0.4, -0.2) is 6.29 Å². The number of alkyl halides is 2. The molecule has 1 aromatic carbocycles. The summed E-state index contributed by atoms with van der Waals surface area (Å²) in [5.74, 6) is 1.63. The smallest absolute Gasteiger partial charge is 0.464 e. The van der Waals surface area contributed by atoms with E-state index < -0.39 is 6.29 Å². The van der Waals surface area contributed by atoms with Crippen LogP contribution in [-0.2, 0) is 0 Å². The van der Waals surface area contributed by atoms with E-state index in [4.69, 9.17) is 4.42 Å². The fraction of sp³-hybridized carbons (Fsp3) is 0.286. The zero-order chi connectivity index (χ0) is 14.3. The highest BCUT2D eigenvalue weighted by Crippen LogP contribution is 2.42. The first kappa shape index (κ1) is 12.8. The summed E-state index contributed by atoms with van der Waals surface area (Å²) < 4.78 is 40.1. The minimum atomic E-state index is -3.59. The zero-order valence-corrected chi connectivity index (χ0v) is 10.9. The van der Waals surface area contributed by atoms with Crippen LogP contribution in [0.2, 0.25) is 0 Å². The third-order valence-corrected chi connectivity index (χ3v) is 2.97. The number of aryl methyl sites for hydroxylation is 1. The number of anilines is 1. The van der Waals surface area contributed by atoms with Crippen molar-refractivity contribution in [3.05, 3.63) is 41.9 Å². The van der Waals surface area contributed by atoms with Crippen LogP contribution >= 0.6 is 0 Å². The average Bonchev–Trinajstić information content (AvgIpc) is 2.90. The normalized spacial score (nSPS) is 17.0. The van der Waals surface area contributed by atoms with Crippen LogP contribution in [0, 0.1) is 6.92 Å². The SMILES string of the molecule is Cc1ccc(C(C)Nc2ccc3c(c2)OC(F)(F)O3)o1. The lowest BCUT2D eigenvalue weighted by atomic mass is 10.2. The molecule has 0 radical (unpaired) electrons. The van der Waals surface area contributed by atoms with E-state index in [1.807, 2.05) is 26.0 Å². The Kier molecular flexibility index (Phi) is 2.81. The van der Waals surface area contributed by atoms with Crippen molar-refractivity contribution in [3.8, 4) is 11.5 Å². The van der Waals surface area contributed by atoms with Gasteiger partial charge in [-0.15, -0.1) is 8.78 Å². The maximum absolute atomic E-state index is 12.9. The molecule has 0 saturated carbocycles. The van der Waals surface area contributed by atoms with Gasteiger partial charge in [0.2, 0.25) is 0 Å². The number of ether oxygens (including phenoxy) is 2. The summed E-state index contributed by atoms with van der Waals surface area (Å²) in [5.41, 5.74) is 0.645. The molecule has 1 unspecified atom stereocenters. The number of benzene rings is 1. The van der Waals surface area contributed by atoms with Crippen LogP contribution < -0.4 is 14.8 Å². The summed E-state index contributed by atoms with van der Waals surface area (Å²) in [5, 5.41) is 3.15. The van der Waals surface area contributed by atoms with Crippen LogP contribution in [0.1, 0.15) is 24.5 Å². The van der Waals surface area contributed by atoms with Crippen LogP contribution in [0.4, 0.5) is 14.5 Å². The molecule has 6 heteroatoms. The molecule has 0 fully saturated rings. The number of hydrogen-bond donors (Lipinski definition) is 1. The summed E-state index contributed by atoms with van der Waals surface area (Å²) in [4.78, 5) is 0. The average molecular weight is 281 g/mol. The maximum Gasteiger partial charge on any atom is 0.586 e. The molecule has 1 aromatic heterocycles. The van der Waals surface area contributed by atoms with Gasteiger partial charge in [0.1, 0.15) is 11.5 Å². The van der Waals surface area contributed by atoms with Crippen molar-refractivity contribution in [1.82, 2.24) is 0 Å². The molecule has 3 rings (SSSR count). The second kappa shape index (κ2) is 4.40. The number of rotatable bonds is 3. The van der Waals surface area contributed by atoms with E-state index in [1.165, 1.54) is 12.1 Å². The van der Waals surface area contributed by atoms with Crippen molar-refractivity contribution < 1.29 is 22.7 Å². The van der Waals surface area contributed by atoms with Crippen LogP contribution in [0.15, 0.2) is 34.7 Å². The molecule has 1 N–H and O–H groups in total. The molecule has 2 heterocycles. The predicted molar refractivity (Wildman–Crippen MR) is 68.1 cm³/mol. The fourth-order valence-corrected chi connectivity index (χ4v) is 2.05. The molecule has 0 saturated heterocycles. The van der Waals surface area contributed by atoms with Crippen molar-refractivity contribution in [1.29, 1.82) is 0 Å². The summed E-state index contributed by atoms with van der Waals surface area (Å²) in [6.07, 6.45) is -3.59. The molecular formula is C14H13F2NO3. The van der Waals surface area contributed by atoms with Gasteiger partial charge in [-0.05, 0) is 38.1 Å². The number of halogens is 2. The van der Waals surface area contributed by atoms with E-state index in [0.29, 0.717) is 5.69 Å². The van der Waals surface area contributed by atoms with Gasteiger partial charge in [-0.25, -0.2) is 0 Å². The van der Waals surface area contributed by atoms with Gasteiger partial charge in [0.25, 0.3) is 0 Å². The molecule has 0 spiro atoms. The van der Waals surface area contributed by atoms with E-state index in [2.05, 4.69) is 14.8 Å². The molecule has 4 nitrogen and oxygen atoms in total. The third kappa shape index (κ3) is 2.41. The molecule has 1 atom stereocenters. The molecule has 1 aliphatic rings. The van der Waals surface area contributed by atoms with Gasteiger partial charge in [0.05, 0.1) is 6.04 Å². The molecule has 0 amide bonds. The van der Waals surface area contributed by atoms with Crippen molar-refractivity contribution >= 4 is 5.69 Å². The quantitative estimate of drug-likeness (QED) is 0.920. The van der Waals surface area contributed by atoms with Crippen molar-refractivity contribution in [3.63, 3.8) is 0 Å². The molecule has 20 heavy (non-hydrogen) atoms. The van der Waals surface area contributed by atoms with Gasteiger partial charge < -0.3 is 19.2 Å². The summed E-state index contributed by atoms with van der Waals surface area (Å²) in [7, 11) is 0. The lowest BCUT2D eigenvalue weighted by molar-refractivity contribution is -0.286. The van der Waals surface area contributed by atoms with Gasteiger partial charge in [-0.3, -0.25) is 0 Å². The first-order valence-corrected chi connectivity index (χ1v) is 6.16. The van der Waals surface area contributed by atoms with E-state index in [0.717, 1.165) is 11.5 Å². The molecule has 0 aliphatic carbocycles. The Labute approximate surface area is 114 Å². The van der Waals surface area contributed by atoms with Gasteiger partial charge in [0.15, 0.2) is 11.5 Å². The van der Waals surface area contributed by atoms with E-state index in [-0.39, 0.29) is 17.5 Å². The van der Waals surface area contributed by atoms with Crippen molar-refractivity contribution in [2.45, 2.75) is 26.2 Å². The second-order valence-electron chi connectivity index (χ2n) is 4.64. The largest absolute Gasteiger partial charge is 0.586 e. The minimum Gasteiger partial charge on any atom is -0.464 e.